The van der Waals surface area contributed by atoms with Crippen LogP contribution >= 0.6 is 0 Å². The average Bonchev–Trinajstić information content (AvgIpc) is 2.52. The zero-order valence-corrected chi connectivity index (χ0v) is 14.3. The van der Waals surface area contributed by atoms with Gasteiger partial charge in [0.25, 0.3) is 0 Å². The lowest BCUT2D eigenvalue weighted by Gasteiger charge is -2.48. The summed E-state index contributed by atoms with van der Waals surface area (Å²) in [7, 11) is 0. The molecule has 4 atom stereocenters. The summed E-state index contributed by atoms with van der Waals surface area (Å²) in [5.41, 5.74) is 1.32. The number of nitriles is 1. The molecule has 24 heavy (non-hydrogen) atoms. The minimum absolute atomic E-state index is 0.0443. The fourth-order valence-electron chi connectivity index (χ4n) is 4.80. The quantitative estimate of drug-likeness (QED) is 0.596. The average molecular weight is 329 g/mol. The molecule has 0 aromatic heterocycles. The smallest absolute Gasteiger partial charge is 0.308 e. The zero-order chi connectivity index (χ0) is 17.3. The second-order valence-corrected chi connectivity index (χ2v) is 7.38. The summed E-state index contributed by atoms with van der Waals surface area (Å²) < 4.78 is 20.2. The highest BCUT2D eigenvalue weighted by Gasteiger charge is 2.48. The van der Waals surface area contributed by atoms with E-state index in [-0.39, 0.29) is 11.9 Å². The maximum absolute atomic E-state index is 15.0. The summed E-state index contributed by atoms with van der Waals surface area (Å²) in [5, 5.41) is 8.91. The number of alkyl halides is 1. The third-order valence-electron chi connectivity index (χ3n) is 5.84. The highest BCUT2D eigenvalue weighted by atomic mass is 19.1. The largest absolute Gasteiger partial charge is 0.427 e. The highest BCUT2D eigenvalue weighted by molar-refractivity contribution is 5.69. The van der Waals surface area contributed by atoms with E-state index in [1.54, 1.807) is 6.92 Å². The molecule has 1 aromatic rings. The van der Waals surface area contributed by atoms with Gasteiger partial charge in [-0.25, -0.2) is 4.39 Å². The topological polar surface area (TPSA) is 50.1 Å². The Morgan fingerprint density at radius 2 is 2.25 bits per heavy atom. The van der Waals surface area contributed by atoms with E-state index in [1.807, 2.05) is 18.2 Å². The summed E-state index contributed by atoms with van der Waals surface area (Å²) in [6.07, 6.45) is 4.29. The molecule has 3 nitrogen and oxygen atoms in total. The Kier molecular flexibility index (Phi) is 4.62. The van der Waals surface area contributed by atoms with E-state index in [9.17, 15) is 4.79 Å². The molecule has 4 heteroatoms. The van der Waals surface area contributed by atoms with Crippen LogP contribution < -0.4 is 4.74 Å². The Morgan fingerprint density at radius 1 is 1.46 bits per heavy atom. The van der Waals surface area contributed by atoms with Crippen molar-refractivity contribution in [3.05, 3.63) is 29.3 Å². The van der Waals surface area contributed by atoms with Crippen LogP contribution in [0.15, 0.2) is 18.2 Å². The number of carbonyl (C=O) groups is 1. The molecule has 1 saturated carbocycles. The number of fused-ring (bicyclic) bond motifs is 3. The predicted molar refractivity (Wildman–Crippen MR) is 89.4 cm³/mol. The van der Waals surface area contributed by atoms with Gasteiger partial charge in [-0.3, -0.25) is 4.79 Å². The normalized spacial score (nSPS) is 31.5. The van der Waals surface area contributed by atoms with Crippen molar-refractivity contribution in [1.82, 2.24) is 0 Å². The summed E-state index contributed by atoms with van der Waals surface area (Å²) in [5.74, 6) is 0.886. The number of esters is 1. The van der Waals surface area contributed by atoms with Crippen molar-refractivity contribution in [3.63, 3.8) is 0 Å². The monoisotopic (exact) mass is 329 g/mol. The third kappa shape index (κ3) is 3.17. The van der Waals surface area contributed by atoms with Crippen molar-refractivity contribution >= 4 is 5.97 Å². The van der Waals surface area contributed by atoms with Gasteiger partial charge in [-0.2, -0.15) is 5.26 Å². The van der Waals surface area contributed by atoms with Crippen LogP contribution in [0, 0.1) is 23.2 Å². The van der Waals surface area contributed by atoms with Crippen LogP contribution in [0.2, 0.25) is 0 Å². The molecule has 1 fully saturated rings. The number of hydrogen-bond donors (Lipinski definition) is 0. The molecule has 0 amide bonds. The first kappa shape index (κ1) is 17.0. The lowest BCUT2D eigenvalue weighted by atomic mass is 9.58. The van der Waals surface area contributed by atoms with Gasteiger partial charge in [-0.1, -0.05) is 6.07 Å². The fraction of sp³-hybridized carbons (Fsp3) is 0.600. The molecule has 0 heterocycles. The number of ether oxygens (including phenoxy) is 1. The number of halogens is 1. The molecule has 128 valence electrons. The van der Waals surface area contributed by atoms with E-state index >= 15 is 4.39 Å². The second kappa shape index (κ2) is 6.55. The molecule has 0 unspecified atom stereocenters. The van der Waals surface area contributed by atoms with Crippen molar-refractivity contribution in [1.29, 1.82) is 5.26 Å². The Hall–Kier alpha value is -1.89. The number of carbonyl (C=O) groups excluding carboxylic acids is 1. The molecule has 0 saturated heterocycles. The summed E-state index contributed by atoms with van der Waals surface area (Å²) in [6.45, 7) is 3.11. The number of hydrogen-bond acceptors (Lipinski definition) is 3. The van der Waals surface area contributed by atoms with Crippen molar-refractivity contribution < 1.29 is 13.9 Å². The summed E-state index contributed by atoms with van der Waals surface area (Å²) >= 11 is 0. The Labute approximate surface area is 142 Å². The minimum Gasteiger partial charge on any atom is -0.427 e. The Balaban J connectivity index is 1.87. The van der Waals surface area contributed by atoms with Gasteiger partial charge in [0.1, 0.15) is 11.4 Å². The number of benzene rings is 1. The van der Waals surface area contributed by atoms with E-state index < -0.39 is 5.67 Å². The van der Waals surface area contributed by atoms with Crippen LogP contribution in [-0.2, 0) is 11.2 Å². The maximum Gasteiger partial charge on any atom is 0.308 e. The standard InChI is InChI=1S/C20H24FNO2/c1-13(23)24-15-6-8-16-14(12-15)5-7-18-17(16)9-10-20(2,21)19(18)4-3-11-22/h6,8,12,17-19H,3-5,7,9-10H2,1-2H3/t17-,18-,19+,20+/m1/s1. The van der Waals surface area contributed by atoms with Gasteiger partial charge in [0.05, 0.1) is 6.07 Å². The van der Waals surface area contributed by atoms with Gasteiger partial charge in [0.2, 0.25) is 0 Å². The molecule has 2 aliphatic carbocycles. The van der Waals surface area contributed by atoms with Crippen LogP contribution in [0.25, 0.3) is 0 Å². The molecule has 0 bridgehead atoms. The molecule has 0 spiro atoms. The number of aryl methyl sites for hydroxylation is 1. The van der Waals surface area contributed by atoms with E-state index in [0.717, 1.165) is 19.3 Å². The number of nitrogens with zero attached hydrogens (tertiary/aromatic N) is 1. The van der Waals surface area contributed by atoms with Crippen molar-refractivity contribution in [2.75, 3.05) is 0 Å². The SMILES string of the molecule is CC(=O)Oc1ccc2c(c1)CC[C@@H]1[C@@H]2CC[C@](C)(F)[C@H]1CCC#N. The first-order valence-corrected chi connectivity index (χ1v) is 8.79. The molecule has 3 rings (SSSR count). The Bertz CT molecular complexity index is 677. The maximum atomic E-state index is 15.0. The molecule has 0 radical (unpaired) electrons. The Morgan fingerprint density at radius 3 is 2.96 bits per heavy atom. The first-order valence-electron chi connectivity index (χ1n) is 8.79. The van der Waals surface area contributed by atoms with Gasteiger partial charge in [0.15, 0.2) is 0 Å². The van der Waals surface area contributed by atoms with Crippen molar-refractivity contribution in [2.45, 2.75) is 64.0 Å². The molecular formula is C20H24FNO2. The molecule has 0 N–H and O–H groups in total. The zero-order valence-electron chi connectivity index (χ0n) is 14.3. The molecule has 1 aromatic carbocycles. The van der Waals surface area contributed by atoms with Crippen LogP contribution in [0.3, 0.4) is 0 Å². The van der Waals surface area contributed by atoms with Gasteiger partial charge in [-0.05, 0) is 80.0 Å². The van der Waals surface area contributed by atoms with Crippen molar-refractivity contribution in [2.24, 2.45) is 11.8 Å². The van der Waals surface area contributed by atoms with Crippen LogP contribution in [0.1, 0.15) is 63.0 Å². The number of rotatable bonds is 3. The van der Waals surface area contributed by atoms with E-state index in [4.69, 9.17) is 10.00 Å². The van der Waals surface area contributed by atoms with Gasteiger partial charge in [-0.15, -0.1) is 0 Å². The van der Waals surface area contributed by atoms with E-state index in [1.165, 1.54) is 18.1 Å². The molecular weight excluding hydrogens is 305 g/mol. The second-order valence-electron chi connectivity index (χ2n) is 7.38. The van der Waals surface area contributed by atoms with Gasteiger partial charge >= 0.3 is 5.97 Å². The van der Waals surface area contributed by atoms with Crippen LogP contribution in [-0.4, -0.2) is 11.6 Å². The first-order chi connectivity index (χ1) is 11.4. The summed E-state index contributed by atoms with van der Waals surface area (Å²) in [6, 6.07) is 8.03. The van der Waals surface area contributed by atoms with Crippen LogP contribution in [0.4, 0.5) is 4.39 Å². The predicted octanol–water partition coefficient (Wildman–Crippen LogP) is 4.70. The molecule has 2 aliphatic rings. The lowest BCUT2D eigenvalue weighted by Crippen LogP contribution is -2.44. The van der Waals surface area contributed by atoms with Crippen molar-refractivity contribution in [3.8, 4) is 11.8 Å². The summed E-state index contributed by atoms with van der Waals surface area (Å²) in [4.78, 5) is 11.1. The molecule has 0 aliphatic heterocycles. The van der Waals surface area contributed by atoms with E-state index in [0.29, 0.717) is 36.8 Å². The van der Waals surface area contributed by atoms with Gasteiger partial charge < -0.3 is 4.74 Å². The van der Waals surface area contributed by atoms with Gasteiger partial charge in [0, 0.05) is 13.3 Å². The third-order valence-corrected chi connectivity index (χ3v) is 5.84. The fourth-order valence-corrected chi connectivity index (χ4v) is 4.80. The van der Waals surface area contributed by atoms with Crippen LogP contribution in [0.5, 0.6) is 5.75 Å². The van der Waals surface area contributed by atoms with E-state index in [2.05, 4.69) is 6.07 Å². The lowest BCUT2D eigenvalue weighted by molar-refractivity contribution is -0.131. The highest BCUT2D eigenvalue weighted by Crippen LogP contribution is 2.54. The minimum atomic E-state index is -1.17.